The summed E-state index contributed by atoms with van der Waals surface area (Å²) in [6.45, 7) is 5.14. The summed E-state index contributed by atoms with van der Waals surface area (Å²) in [7, 11) is 1.55. The summed E-state index contributed by atoms with van der Waals surface area (Å²) in [4.78, 5) is 10.6. The summed E-state index contributed by atoms with van der Waals surface area (Å²) < 4.78 is 9.81. The molecule has 2 N–H and O–H groups in total. The van der Waals surface area contributed by atoms with E-state index in [1.165, 1.54) is 0 Å². The third-order valence-electron chi connectivity index (χ3n) is 1.12. The van der Waals surface area contributed by atoms with Gasteiger partial charge in [-0.15, -0.1) is 0 Å². The van der Waals surface area contributed by atoms with Crippen molar-refractivity contribution >= 4 is 5.91 Å². The molecule has 0 rings (SSSR count). The number of rotatable bonds is 7. The lowest BCUT2D eigenvalue weighted by Gasteiger charge is -2.03. The van der Waals surface area contributed by atoms with Gasteiger partial charge in [-0.1, -0.05) is 13.8 Å². The minimum absolute atomic E-state index is 0.00937. The predicted molar refractivity (Wildman–Crippen MR) is 54.1 cm³/mol. The van der Waals surface area contributed by atoms with E-state index < -0.39 is 0 Å². The fraction of sp³-hybridized carbons (Fsp3) is 0.889. The lowest BCUT2D eigenvalue weighted by atomic mass is 10.6. The van der Waals surface area contributed by atoms with E-state index in [9.17, 15) is 4.79 Å². The van der Waals surface area contributed by atoms with Crippen molar-refractivity contribution in [2.75, 3.05) is 40.1 Å². The predicted octanol–water partition coefficient (Wildman–Crippen LogP) is -0.216. The highest BCUT2D eigenvalue weighted by Gasteiger charge is 1.95. The number of nitrogens with one attached hydrogen (secondary N) is 1. The Morgan fingerprint density at radius 2 is 1.79 bits per heavy atom. The van der Waals surface area contributed by atoms with Crippen LogP contribution in [0.4, 0.5) is 0 Å². The van der Waals surface area contributed by atoms with Crippen LogP contribution in [0.5, 0.6) is 0 Å². The summed E-state index contributed by atoms with van der Waals surface area (Å²) in [6.07, 6.45) is 0. The molecule has 5 heteroatoms. The number of ether oxygens (including phenoxy) is 2. The number of carbonyl (C=O) groups is 1. The lowest BCUT2D eigenvalue weighted by Crippen LogP contribution is -2.24. The Kier molecular flexibility index (Phi) is 16.8. The lowest BCUT2D eigenvalue weighted by molar-refractivity contribution is -0.125. The number of hydrogen-bond acceptors (Lipinski definition) is 4. The Morgan fingerprint density at radius 3 is 2.29 bits per heavy atom. The van der Waals surface area contributed by atoms with Gasteiger partial charge in [0.25, 0.3) is 0 Å². The van der Waals surface area contributed by atoms with E-state index in [0.717, 1.165) is 0 Å². The van der Waals surface area contributed by atoms with Gasteiger partial charge < -0.3 is 19.9 Å². The Bertz CT molecular complexity index is 119. The van der Waals surface area contributed by atoms with E-state index in [-0.39, 0.29) is 19.1 Å². The molecular formula is C9H21NO4. The van der Waals surface area contributed by atoms with Gasteiger partial charge in [0.1, 0.15) is 6.61 Å². The largest absolute Gasteiger partial charge is 0.394 e. The molecule has 0 saturated carbocycles. The SMILES string of the molecule is CC.CNC(=O)COCCOCCO. The molecule has 0 unspecified atom stereocenters. The molecule has 14 heavy (non-hydrogen) atoms. The molecule has 0 aliphatic carbocycles. The third kappa shape index (κ3) is 13.9. The van der Waals surface area contributed by atoms with Crippen LogP contribution in [0.15, 0.2) is 0 Å². The zero-order valence-electron chi connectivity index (χ0n) is 9.21. The zero-order chi connectivity index (χ0) is 11.2. The Balaban J connectivity index is 0. The highest BCUT2D eigenvalue weighted by Crippen LogP contribution is 1.77. The van der Waals surface area contributed by atoms with Crippen molar-refractivity contribution in [1.82, 2.24) is 5.32 Å². The highest BCUT2D eigenvalue weighted by molar-refractivity contribution is 5.76. The molecular weight excluding hydrogens is 186 g/mol. The Morgan fingerprint density at radius 1 is 1.21 bits per heavy atom. The minimum atomic E-state index is -0.155. The van der Waals surface area contributed by atoms with E-state index in [1.807, 2.05) is 13.8 Å². The maximum absolute atomic E-state index is 10.6. The molecule has 0 aliphatic heterocycles. The van der Waals surface area contributed by atoms with Gasteiger partial charge >= 0.3 is 0 Å². The van der Waals surface area contributed by atoms with Crippen LogP contribution in [-0.4, -0.2) is 51.1 Å². The van der Waals surface area contributed by atoms with Crippen molar-refractivity contribution < 1.29 is 19.4 Å². The number of carbonyl (C=O) groups excluding carboxylic acids is 1. The number of aliphatic hydroxyl groups excluding tert-OH is 1. The molecule has 0 spiro atoms. The van der Waals surface area contributed by atoms with Crippen molar-refractivity contribution in [2.24, 2.45) is 0 Å². The van der Waals surface area contributed by atoms with Gasteiger partial charge in [0.2, 0.25) is 5.91 Å². The first kappa shape index (κ1) is 15.8. The van der Waals surface area contributed by atoms with Crippen molar-refractivity contribution in [3.05, 3.63) is 0 Å². The first-order chi connectivity index (χ1) is 6.81. The molecule has 0 aliphatic rings. The van der Waals surface area contributed by atoms with Crippen molar-refractivity contribution in [2.45, 2.75) is 13.8 Å². The molecule has 0 bridgehead atoms. The van der Waals surface area contributed by atoms with Crippen LogP contribution < -0.4 is 5.32 Å². The molecule has 0 aromatic heterocycles. The van der Waals surface area contributed by atoms with Crippen LogP contribution >= 0.6 is 0 Å². The summed E-state index contributed by atoms with van der Waals surface area (Å²) in [5, 5.41) is 10.7. The van der Waals surface area contributed by atoms with Gasteiger partial charge in [0, 0.05) is 7.05 Å². The molecule has 0 heterocycles. The van der Waals surface area contributed by atoms with E-state index in [0.29, 0.717) is 19.8 Å². The van der Waals surface area contributed by atoms with Crippen molar-refractivity contribution in [3.63, 3.8) is 0 Å². The van der Waals surface area contributed by atoms with Crippen LogP contribution in [0.3, 0.4) is 0 Å². The van der Waals surface area contributed by atoms with Crippen LogP contribution in [0.25, 0.3) is 0 Å². The molecule has 0 aromatic rings. The Labute approximate surface area is 85.4 Å². The maximum Gasteiger partial charge on any atom is 0.245 e. The molecule has 1 amide bonds. The third-order valence-corrected chi connectivity index (χ3v) is 1.12. The van der Waals surface area contributed by atoms with E-state index in [2.05, 4.69) is 5.32 Å². The monoisotopic (exact) mass is 207 g/mol. The smallest absolute Gasteiger partial charge is 0.245 e. The van der Waals surface area contributed by atoms with Gasteiger partial charge in [0.05, 0.1) is 26.4 Å². The van der Waals surface area contributed by atoms with E-state index in [1.54, 1.807) is 7.05 Å². The fourth-order valence-corrected chi connectivity index (χ4v) is 0.521. The van der Waals surface area contributed by atoms with Crippen LogP contribution in [0, 0.1) is 0 Å². The second-order valence-electron chi connectivity index (χ2n) is 2.06. The first-order valence-corrected chi connectivity index (χ1v) is 4.78. The molecule has 0 fully saturated rings. The number of likely N-dealkylation sites (N-methyl/N-ethyl adjacent to an activating group) is 1. The second kappa shape index (κ2) is 14.9. The minimum Gasteiger partial charge on any atom is -0.394 e. The Hall–Kier alpha value is -0.650. The van der Waals surface area contributed by atoms with Crippen molar-refractivity contribution in [3.8, 4) is 0 Å². The molecule has 5 nitrogen and oxygen atoms in total. The number of aliphatic hydroxyl groups is 1. The van der Waals surface area contributed by atoms with Gasteiger partial charge in [0.15, 0.2) is 0 Å². The van der Waals surface area contributed by atoms with Gasteiger partial charge in [-0.05, 0) is 0 Å². The summed E-state index contributed by atoms with van der Waals surface area (Å²) >= 11 is 0. The normalized spacial score (nSPS) is 8.86. The number of hydrogen-bond donors (Lipinski definition) is 2. The zero-order valence-corrected chi connectivity index (χ0v) is 9.21. The first-order valence-electron chi connectivity index (χ1n) is 4.78. The summed E-state index contributed by atoms with van der Waals surface area (Å²) in [6, 6.07) is 0. The topological polar surface area (TPSA) is 67.8 Å². The number of amides is 1. The van der Waals surface area contributed by atoms with Crippen LogP contribution in [0.1, 0.15) is 13.8 Å². The molecule has 0 aromatic carbocycles. The quantitative estimate of drug-likeness (QED) is 0.567. The van der Waals surface area contributed by atoms with E-state index in [4.69, 9.17) is 14.6 Å². The summed E-state index contributed by atoms with van der Waals surface area (Å²) in [5.74, 6) is -0.155. The average molecular weight is 207 g/mol. The van der Waals surface area contributed by atoms with Crippen molar-refractivity contribution in [1.29, 1.82) is 0 Å². The summed E-state index contributed by atoms with van der Waals surface area (Å²) in [5.41, 5.74) is 0. The van der Waals surface area contributed by atoms with Gasteiger partial charge in [-0.25, -0.2) is 0 Å². The highest BCUT2D eigenvalue weighted by atomic mass is 16.5. The average Bonchev–Trinajstić information content (AvgIpc) is 2.25. The second-order valence-corrected chi connectivity index (χ2v) is 2.06. The standard InChI is InChI=1S/C7H15NO4.C2H6/c1-8-7(10)6-12-5-4-11-3-2-9;1-2/h9H,2-6H2,1H3,(H,8,10);1-2H3. The molecule has 0 saturated heterocycles. The van der Waals surface area contributed by atoms with Crippen LogP contribution in [0.2, 0.25) is 0 Å². The molecule has 86 valence electrons. The van der Waals surface area contributed by atoms with Crippen LogP contribution in [-0.2, 0) is 14.3 Å². The molecule has 0 radical (unpaired) electrons. The fourth-order valence-electron chi connectivity index (χ4n) is 0.521. The maximum atomic E-state index is 10.6. The van der Waals surface area contributed by atoms with Gasteiger partial charge in [-0.2, -0.15) is 0 Å². The van der Waals surface area contributed by atoms with E-state index >= 15 is 0 Å². The van der Waals surface area contributed by atoms with Gasteiger partial charge in [-0.3, -0.25) is 4.79 Å². The molecule has 0 atom stereocenters.